The molecule has 0 aliphatic carbocycles. The molecule has 1 unspecified atom stereocenters. The Labute approximate surface area is 98.5 Å². The maximum atomic E-state index is 12.4. The van der Waals surface area contributed by atoms with Gasteiger partial charge in [-0.3, -0.25) is 0 Å². The molecule has 0 aliphatic rings. The Morgan fingerprint density at radius 2 is 1.94 bits per heavy atom. The topological polar surface area (TPSA) is 32.3 Å². The van der Waals surface area contributed by atoms with Crippen molar-refractivity contribution in [3.63, 3.8) is 0 Å². The van der Waals surface area contributed by atoms with Gasteiger partial charge >= 0.3 is 6.18 Å². The first kappa shape index (κ1) is 14.0. The molecule has 2 N–H and O–H groups in total. The smallest absolute Gasteiger partial charge is 0.387 e. The zero-order chi connectivity index (χ0) is 13.1. The van der Waals surface area contributed by atoms with Crippen molar-refractivity contribution < 1.29 is 18.3 Å². The van der Waals surface area contributed by atoms with Gasteiger partial charge in [-0.15, -0.1) is 0 Å². The Balaban J connectivity index is 2.77. The van der Waals surface area contributed by atoms with E-state index in [0.717, 1.165) is 12.1 Å². The first-order valence-electron chi connectivity index (χ1n) is 5.39. The molecule has 17 heavy (non-hydrogen) atoms. The molecular weight excluding hydrogens is 231 g/mol. The highest BCUT2D eigenvalue weighted by molar-refractivity contribution is 5.27. The van der Waals surface area contributed by atoms with E-state index < -0.39 is 17.8 Å². The quantitative estimate of drug-likeness (QED) is 0.857. The maximum absolute atomic E-state index is 12.4. The second kappa shape index (κ2) is 5.51. The summed E-state index contributed by atoms with van der Waals surface area (Å²) in [4.78, 5) is 0. The Morgan fingerprint density at radius 1 is 1.29 bits per heavy atom. The number of aliphatic hydroxyl groups is 1. The molecule has 0 fully saturated rings. The van der Waals surface area contributed by atoms with Gasteiger partial charge in [0.25, 0.3) is 0 Å². The number of nitrogens with one attached hydrogen (secondary N) is 1. The predicted octanol–water partition coefficient (Wildman–Crippen LogP) is 2.74. The van der Waals surface area contributed by atoms with Gasteiger partial charge in [0.2, 0.25) is 0 Å². The number of hydrogen-bond acceptors (Lipinski definition) is 2. The summed E-state index contributed by atoms with van der Waals surface area (Å²) in [5, 5.41) is 12.7. The van der Waals surface area contributed by atoms with E-state index in [4.69, 9.17) is 0 Å². The standard InChI is InChI=1S/C12H16F3NO/c1-8(2)16-7-11(17)9-4-3-5-10(6-9)12(13,14)15/h3-6,8,11,16-17H,7H2,1-2H3. The van der Waals surface area contributed by atoms with Gasteiger partial charge in [0.15, 0.2) is 0 Å². The van der Waals surface area contributed by atoms with Gasteiger partial charge in [-0.25, -0.2) is 0 Å². The minimum Gasteiger partial charge on any atom is -0.387 e. The number of aliphatic hydroxyl groups excluding tert-OH is 1. The molecule has 0 aromatic heterocycles. The molecule has 1 aromatic rings. The van der Waals surface area contributed by atoms with Crippen LogP contribution in [-0.4, -0.2) is 17.7 Å². The van der Waals surface area contributed by atoms with Crippen molar-refractivity contribution in [3.8, 4) is 0 Å². The van der Waals surface area contributed by atoms with Crippen molar-refractivity contribution in [1.82, 2.24) is 5.32 Å². The normalized spacial score (nSPS) is 14.1. The third-order valence-corrected chi connectivity index (χ3v) is 2.32. The second-order valence-electron chi connectivity index (χ2n) is 4.20. The lowest BCUT2D eigenvalue weighted by Gasteiger charge is -2.16. The third kappa shape index (κ3) is 4.36. The van der Waals surface area contributed by atoms with Crippen LogP contribution in [0, 0.1) is 0 Å². The van der Waals surface area contributed by atoms with Crippen LogP contribution in [0.1, 0.15) is 31.1 Å². The molecule has 0 aliphatic heterocycles. The summed E-state index contributed by atoms with van der Waals surface area (Å²) in [5.74, 6) is 0. The summed E-state index contributed by atoms with van der Waals surface area (Å²) in [6.45, 7) is 4.04. The van der Waals surface area contributed by atoms with Crippen molar-refractivity contribution in [3.05, 3.63) is 35.4 Å². The van der Waals surface area contributed by atoms with Crippen LogP contribution < -0.4 is 5.32 Å². The van der Waals surface area contributed by atoms with E-state index in [0.29, 0.717) is 0 Å². The zero-order valence-electron chi connectivity index (χ0n) is 9.75. The Hall–Kier alpha value is -1.07. The van der Waals surface area contributed by atoms with Crippen molar-refractivity contribution in [2.45, 2.75) is 32.2 Å². The Morgan fingerprint density at radius 3 is 2.47 bits per heavy atom. The van der Waals surface area contributed by atoms with Crippen molar-refractivity contribution in [2.24, 2.45) is 0 Å². The van der Waals surface area contributed by atoms with E-state index in [1.807, 2.05) is 13.8 Å². The van der Waals surface area contributed by atoms with Crippen molar-refractivity contribution in [1.29, 1.82) is 0 Å². The highest BCUT2D eigenvalue weighted by Gasteiger charge is 2.30. The van der Waals surface area contributed by atoms with Crippen LogP contribution in [0.3, 0.4) is 0 Å². The number of halogens is 3. The van der Waals surface area contributed by atoms with Gasteiger partial charge in [0.05, 0.1) is 11.7 Å². The summed E-state index contributed by atoms with van der Waals surface area (Å²) in [5.41, 5.74) is -0.466. The number of alkyl halides is 3. The minimum atomic E-state index is -4.37. The van der Waals surface area contributed by atoms with Gasteiger partial charge < -0.3 is 10.4 Å². The van der Waals surface area contributed by atoms with E-state index in [2.05, 4.69) is 5.32 Å². The summed E-state index contributed by atoms with van der Waals surface area (Å²) in [6, 6.07) is 4.94. The van der Waals surface area contributed by atoms with Crippen LogP contribution in [-0.2, 0) is 6.18 Å². The summed E-state index contributed by atoms with van der Waals surface area (Å²) in [7, 11) is 0. The molecule has 0 bridgehead atoms. The van der Waals surface area contributed by atoms with Gasteiger partial charge in [0, 0.05) is 12.6 Å². The molecule has 0 radical (unpaired) electrons. The number of rotatable bonds is 4. The molecule has 2 nitrogen and oxygen atoms in total. The fourth-order valence-corrected chi connectivity index (χ4v) is 1.39. The monoisotopic (exact) mass is 247 g/mol. The third-order valence-electron chi connectivity index (χ3n) is 2.32. The molecule has 1 atom stereocenters. The first-order chi connectivity index (χ1) is 7.80. The summed E-state index contributed by atoms with van der Waals surface area (Å²) >= 11 is 0. The lowest BCUT2D eigenvalue weighted by atomic mass is 10.1. The molecule has 0 heterocycles. The molecule has 96 valence electrons. The van der Waals surface area contributed by atoms with Crippen LogP contribution in [0.2, 0.25) is 0 Å². The average Bonchev–Trinajstić information content (AvgIpc) is 2.25. The Kier molecular flexibility index (Phi) is 4.54. The van der Waals surface area contributed by atoms with Gasteiger partial charge in [-0.2, -0.15) is 13.2 Å². The van der Waals surface area contributed by atoms with E-state index in [1.54, 1.807) is 0 Å². The van der Waals surface area contributed by atoms with Crippen LogP contribution in [0.25, 0.3) is 0 Å². The van der Waals surface area contributed by atoms with Crippen LogP contribution >= 0.6 is 0 Å². The fraction of sp³-hybridized carbons (Fsp3) is 0.500. The maximum Gasteiger partial charge on any atom is 0.416 e. The number of hydrogen-bond donors (Lipinski definition) is 2. The van der Waals surface area contributed by atoms with E-state index >= 15 is 0 Å². The average molecular weight is 247 g/mol. The highest BCUT2D eigenvalue weighted by Crippen LogP contribution is 2.30. The van der Waals surface area contributed by atoms with Crippen LogP contribution in [0.5, 0.6) is 0 Å². The van der Waals surface area contributed by atoms with E-state index in [1.165, 1.54) is 12.1 Å². The Bertz CT molecular complexity index is 363. The van der Waals surface area contributed by atoms with Crippen LogP contribution in [0.4, 0.5) is 13.2 Å². The van der Waals surface area contributed by atoms with Gasteiger partial charge in [0.1, 0.15) is 0 Å². The predicted molar refractivity (Wildman–Crippen MR) is 59.5 cm³/mol. The molecule has 1 rings (SSSR count). The lowest BCUT2D eigenvalue weighted by molar-refractivity contribution is -0.137. The number of benzene rings is 1. The lowest BCUT2D eigenvalue weighted by Crippen LogP contribution is -2.28. The largest absolute Gasteiger partial charge is 0.416 e. The molecule has 0 spiro atoms. The van der Waals surface area contributed by atoms with Gasteiger partial charge in [-0.05, 0) is 17.7 Å². The summed E-state index contributed by atoms with van der Waals surface area (Å²) < 4.78 is 37.3. The fourth-order valence-electron chi connectivity index (χ4n) is 1.39. The minimum absolute atomic E-state index is 0.176. The highest BCUT2D eigenvalue weighted by atomic mass is 19.4. The molecule has 0 saturated heterocycles. The summed E-state index contributed by atoms with van der Waals surface area (Å²) in [6.07, 6.45) is -5.30. The van der Waals surface area contributed by atoms with Gasteiger partial charge in [-0.1, -0.05) is 26.0 Å². The first-order valence-corrected chi connectivity index (χ1v) is 5.39. The van der Waals surface area contributed by atoms with Crippen molar-refractivity contribution in [2.75, 3.05) is 6.54 Å². The van der Waals surface area contributed by atoms with Crippen LogP contribution in [0.15, 0.2) is 24.3 Å². The molecule has 0 saturated carbocycles. The van der Waals surface area contributed by atoms with Crippen molar-refractivity contribution >= 4 is 0 Å². The second-order valence-corrected chi connectivity index (χ2v) is 4.20. The van der Waals surface area contributed by atoms with E-state index in [9.17, 15) is 18.3 Å². The molecule has 5 heteroatoms. The van der Waals surface area contributed by atoms with E-state index in [-0.39, 0.29) is 18.2 Å². The zero-order valence-corrected chi connectivity index (χ0v) is 9.75. The molecular formula is C12H16F3NO. The SMILES string of the molecule is CC(C)NCC(O)c1cccc(C(F)(F)F)c1. The molecule has 1 aromatic carbocycles. The molecule has 0 amide bonds.